The number of rotatable bonds is 3. The third-order valence-corrected chi connectivity index (χ3v) is 4.49. The molecule has 1 unspecified atom stereocenters. The Morgan fingerprint density at radius 2 is 1.89 bits per heavy atom. The number of hydrogen-bond donors (Lipinski definition) is 0. The van der Waals surface area contributed by atoms with Gasteiger partial charge in [0, 0.05) is 0 Å². The zero-order valence-electron chi connectivity index (χ0n) is 11.1. The Morgan fingerprint density at radius 3 is 2.50 bits per heavy atom. The van der Waals surface area contributed by atoms with Gasteiger partial charge in [0.05, 0.1) is 5.38 Å². The molecule has 0 aliphatic heterocycles. The first-order chi connectivity index (χ1) is 8.66. The Bertz CT molecular complexity index is 381. The fourth-order valence-corrected chi connectivity index (χ4v) is 3.28. The van der Waals surface area contributed by atoms with E-state index in [0.717, 1.165) is 17.9 Å². The van der Waals surface area contributed by atoms with Gasteiger partial charge >= 0.3 is 0 Å². The van der Waals surface area contributed by atoms with Crippen molar-refractivity contribution in [3.63, 3.8) is 0 Å². The molecule has 2 heteroatoms. The molecule has 1 atom stereocenters. The summed E-state index contributed by atoms with van der Waals surface area (Å²) in [7, 11) is 0. The molecular weight excluding hydrogens is 247 g/mol. The summed E-state index contributed by atoms with van der Waals surface area (Å²) in [6.07, 6.45) is 9.09. The van der Waals surface area contributed by atoms with E-state index in [1.54, 1.807) is 6.92 Å². The summed E-state index contributed by atoms with van der Waals surface area (Å²) in [4.78, 5) is 0. The highest BCUT2D eigenvalue weighted by Crippen LogP contribution is 2.34. The van der Waals surface area contributed by atoms with E-state index in [-0.39, 0.29) is 11.2 Å². The van der Waals surface area contributed by atoms with Gasteiger partial charge in [0.25, 0.3) is 0 Å². The van der Waals surface area contributed by atoms with E-state index >= 15 is 0 Å². The molecule has 18 heavy (non-hydrogen) atoms. The molecule has 0 saturated heterocycles. The number of aryl methyl sites for hydroxylation is 1. The van der Waals surface area contributed by atoms with Gasteiger partial charge in [-0.2, -0.15) is 0 Å². The zero-order chi connectivity index (χ0) is 13.0. The van der Waals surface area contributed by atoms with Crippen LogP contribution in [0.2, 0.25) is 0 Å². The average Bonchev–Trinajstić information content (AvgIpc) is 2.61. The molecule has 1 aliphatic rings. The van der Waals surface area contributed by atoms with Gasteiger partial charge in [-0.25, -0.2) is 4.39 Å². The first kappa shape index (κ1) is 13.9. The van der Waals surface area contributed by atoms with Crippen LogP contribution in [0.4, 0.5) is 4.39 Å². The van der Waals surface area contributed by atoms with Gasteiger partial charge in [-0.05, 0) is 36.5 Å². The smallest absolute Gasteiger partial charge is 0.126 e. The first-order valence-corrected chi connectivity index (χ1v) is 7.50. The standard InChI is InChI=1S/C16H22ClF/c1-12-10-14(8-9-16(12)18)15(17)11-13-6-4-2-3-5-7-13/h8-10,13,15H,2-7,11H2,1H3. The van der Waals surface area contributed by atoms with Crippen LogP contribution in [0.1, 0.15) is 61.4 Å². The number of alkyl halides is 1. The highest BCUT2D eigenvalue weighted by Gasteiger charge is 2.18. The van der Waals surface area contributed by atoms with Crippen LogP contribution < -0.4 is 0 Å². The number of hydrogen-bond acceptors (Lipinski definition) is 0. The van der Waals surface area contributed by atoms with Gasteiger partial charge in [-0.3, -0.25) is 0 Å². The van der Waals surface area contributed by atoms with Crippen LogP contribution in [0, 0.1) is 18.7 Å². The van der Waals surface area contributed by atoms with Crippen LogP contribution in [-0.4, -0.2) is 0 Å². The Morgan fingerprint density at radius 1 is 1.22 bits per heavy atom. The van der Waals surface area contributed by atoms with Gasteiger partial charge in [0.1, 0.15) is 5.82 Å². The largest absolute Gasteiger partial charge is 0.207 e. The van der Waals surface area contributed by atoms with Gasteiger partial charge < -0.3 is 0 Å². The molecule has 0 bridgehead atoms. The normalized spacial score (nSPS) is 19.5. The predicted molar refractivity (Wildman–Crippen MR) is 75.5 cm³/mol. The highest BCUT2D eigenvalue weighted by atomic mass is 35.5. The molecule has 0 aromatic heterocycles. The summed E-state index contributed by atoms with van der Waals surface area (Å²) in [5, 5.41) is 0.0346. The van der Waals surface area contributed by atoms with E-state index in [1.165, 1.54) is 44.6 Å². The summed E-state index contributed by atoms with van der Waals surface area (Å²) in [6, 6.07) is 5.26. The predicted octanol–water partition coefficient (Wildman–Crippen LogP) is 5.77. The van der Waals surface area contributed by atoms with Crippen molar-refractivity contribution in [2.24, 2.45) is 5.92 Å². The minimum absolute atomic E-state index is 0.0346. The molecule has 0 nitrogen and oxygen atoms in total. The zero-order valence-corrected chi connectivity index (χ0v) is 11.8. The molecule has 1 fully saturated rings. The fraction of sp³-hybridized carbons (Fsp3) is 0.625. The van der Waals surface area contributed by atoms with Crippen molar-refractivity contribution in [1.29, 1.82) is 0 Å². The monoisotopic (exact) mass is 268 g/mol. The Balaban J connectivity index is 1.97. The second-order valence-corrected chi connectivity index (χ2v) is 6.10. The summed E-state index contributed by atoms with van der Waals surface area (Å²) in [6.45, 7) is 1.80. The Kier molecular flexibility index (Phi) is 5.05. The van der Waals surface area contributed by atoms with Gasteiger partial charge in [-0.1, -0.05) is 50.7 Å². The SMILES string of the molecule is Cc1cc(C(Cl)CC2CCCCCC2)ccc1F. The van der Waals surface area contributed by atoms with Crippen LogP contribution in [0.15, 0.2) is 18.2 Å². The van der Waals surface area contributed by atoms with Crippen molar-refractivity contribution in [3.05, 3.63) is 35.1 Å². The van der Waals surface area contributed by atoms with Gasteiger partial charge in [0.15, 0.2) is 0 Å². The maximum absolute atomic E-state index is 13.2. The molecule has 1 aromatic carbocycles. The second-order valence-electron chi connectivity index (χ2n) is 5.57. The lowest BCUT2D eigenvalue weighted by atomic mass is 9.92. The average molecular weight is 269 g/mol. The fourth-order valence-electron chi connectivity index (χ4n) is 2.89. The summed E-state index contributed by atoms with van der Waals surface area (Å²) in [5.74, 6) is 0.609. The number of halogens is 2. The topological polar surface area (TPSA) is 0 Å². The van der Waals surface area contributed by atoms with Crippen LogP contribution in [0.25, 0.3) is 0 Å². The van der Waals surface area contributed by atoms with E-state index in [2.05, 4.69) is 0 Å². The molecular formula is C16H22ClF. The minimum atomic E-state index is -0.142. The second kappa shape index (κ2) is 6.56. The van der Waals surface area contributed by atoms with Crippen molar-refractivity contribution >= 4 is 11.6 Å². The molecule has 0 amide bonds. The quantitative estimate of drug-likeness (QED) is 0.482. The van der Waals surface area contributed by atoms with Gasteiger partial charge in [0.2, 0.25) is 0 Å². The Hall–Kier alpha value is -0.560. The molecule has 1 saturated carbocycles. The van der Waals surface area contributed by atoms with E-state index < -0.39 is 0 Å². The number of benzene rings is 1. The van der Waals surface area contributed by atoms with E-state index in [9.17, 15) is 4.39 Å². The summed E-state index contributed by atoms with van der Waals surface area (Å²) >= 11 is 6.49. The van der Waals surface area contributed by atoms with Crippen molar-refractivity contribution in [1.82, 2.24) is 0 Å². The third kappa shape index (κ3) is 3.71. The van der Waals surface area contributed by atoms with Crippen LogP contribution in [-0.2, 0) is 0 Å². The molecule has 0 radical (unpaired) electrons. The van der Waals surface area contributed by atoms with Crippen LogP contribution in [0.3, 0.4) is 0 Å². The maximum Gasteiger partial charge on any atom is 0.126 e. The molecule has 1 aliphatic carbocycles. The first-order valence-electron chi connectivity index (χ1n) is 7.07. The van der Waals surface area contributed by atoms with Crippen LogP contribution >= 0.6 is 11.6 Å². The lowest BCUT2D eigenvalue weighted by molar-refractivity contribution is 0.423. The van der Waals surface area contributed by atoms with Gasteiger partial charge in [-0.15, -0.1) is 11.6 Å². The van der Waals surface area contributed by atoms with E-state index in [0.29, 0.717) is 5.56 Å². The van der Waals surface area contributed by atoms with Crippen LogP contribution in [0.5, 0.6) is 0 Å². The minimum Gasteiger partial charge on any atom is -0.207 e. The third-order valence-electron chi connectivity index (χ3n) is 4.06. The van der Waals surface area contributed by atoms with Crippen molar-refractivity contribution in [2.45, 2.75) is 57.2 Å². The summed E-state index contributed by atoms with van der Waals surface area (Å²) in [5.41, 5.74) is 1.76. The lowest BCUT2D eigenvalue weighted by Crippen LogP contribution is -2.04. The maximum atomic E-state index is 13.2. The molecule has 0 N–H and O–H groups in total. The van der Waals surface area contributed by atoms with E-state index in [4.69, 9.17) is 11.6 Å². The molecule has 2 rings (SSSR count). The molecule has 1 aromatic rings. The molecule has 0 spiro atoms. The van der Waals surface area contributed by atoms with E-state index in [1.807, 2.05) is 12.1 Å². The summed E-state index contributed by atoms with van der Waals surface area (Å²) < 4.78 is 13.2. The Labute approximate surface area is 115 Å². The molecule has 100 valence electrons. The van der Waals surface area contributed by atoms with Crippen molar-refractivity contribution in [2.75, 3.05) is 0 Å². The van der Waals surface area contributed by atoms with Crippen molar-refractivity contribution in [3.8, 4) is 0 Å². The molecule has 0 heterocycles. The van der Waals surface area contributed by atoms with Crippen molar-refractivity contribution < 1.29 is 4.39 Å². The lowest BCUT2D eigenvalue weighted by Gasteiger charge is -2.18. The highest BCUT2D eigenvalue weighted by molar-refractivity contribution is 6.20.